The first-order valence-corrected chi connectivity index (χ1v) is 10.5. The zero-order chi connectivity index (χ0) is 23.4. The third-order valence-electron chi connectivity index (χ3n) is 3.23. The van der Waals surface area contributed by atoms with Crippen molar-refractivity contribution in [2.45, 2.75) is 24.5 Å². The lowest BCUT2D eigenvalue weighted by molar-refractivity contribution is -0.0338. The van der Waals surface area contributed by atoms with Crippen LogP contribution in [-0.2, 0) is 13.9 Å². The number of fused-ring (bicyclic) bond motifs is 1. The van der Waals surface area contributed by atoms with Gasteiger partial charge in [-0.2, -0.15) is 0 Å². The molecule has 3 heterocycles. The minimum Gasteiger partial charge on any atom is -0.510 e. The van der Waals surface area contributed by atoms with E-state index in [2.05, 4.69) is 21.5 Å². The van der Waals surface area contributed by atoms with Gasteiger partial charge >= 0.3 is 15.6 Å². The lowest BCUT2D eigenvalue weighted by Gasteiger charge is -2.16. The van der Waals surface area contributed by atoms with Crippen LogP contribution in [0.3, 0.4) is 0 Å². The zero-order valence-electron chi connectivity index (χ0n) is 14.7. The van der Waals surface area contributed by atoms with Gasteiger partial charge in [-0.1, -0.05) is 6.58 Å². The van der Waals surface area contributed by atoms with Gasteiger partial charge in [-0.15, -0.1) is 0 Å². The van der Waals surface area contributed by atoms with Gasteiger partial charge in [0.05, 0.1) is 6.33 Å². The first-order valence-electron chi connectivity index (χ1n) is 7.39. The summed E-state index contributed by atoms with van der Waals surface area (Å²) in [4.78, 5) is 55.0. The average Bonchev–Trinajstić information content (AvgIpc) is 3.08. The molecule has 1 fully saturated rings. The fourth-order valence-corrected chi connectivity index (χ4v) is 2.22. The van der Waals surface area contributed by atoms with Crippen LogP contribution in [0.4, 0.5) is 5.82 Å². The minimum atomic E-state index is -4.64. The third kappa shape index (κ3) is 8.02. The summed E-state index contributed by atoms with van der Waals surface area (Å²) in [7, 11) is -9.28. The molecule has 1 aliphatic rings. The lowest BCUT2D eigenvalue weighted by atomic mass is 10.1. The van der Waals surface area contributed by atoms with E-state index < -0.39 is 40.2 Å². The predicted octanol–water partition coefficient (Wildman–Crippen LogP) is -2.76. The molecule has 0 radical (unpaired) electrons. The Kier molecular flexibility index (Phi) is 8.56. The van der Waals surface area contributed by atoms with E-state index in [0.29, 0.717) is 11.2 Å². The molecule has 170 valence electrons. The van der Waals surface area contributed by atoms with Crippen molar-refractivity contribution < 1.29 is 58.5 Å². The number of ether oxygens (including phenoxy) is 1. The number of hydrogen-bond acceptors (Lipinski definition) is 10. The molecule has 0 unspecified atom stereocenters. The van der Waals surface area contributed by atoms with E-state index in [4.69, 9.17) is 49.0 Å². The molecule has 0 aliphatic carbocycles. The number of hydrogen-bond donors (Lipinski definition) is 10. The quantitative estimate of drug-likeness (QED) is 0.155. The van der Waals surface area contributed by atoms with Crippen molar-refractivity contribution in [2.75, 3.05) is 5.73 Å². The van der Waals surface area contributed by atoms with Crippen LogP contribution in [0.25, 0.3) is 11.2 Å². The summed E-state index contributed by atoms with van der Waals surface area (Å²) in [5.74, 6) is -0.164. The van der Waals surface area contributed by atoms with E-state index in [1.807, 2.05) is 0 Å². The molecule has 0 spiro atoms. The molecule has 4 atom stereocenters. The van der Waals surface area contributed by atoms with Gasteiger partial charge in [0.1, 0.15) is 35.9 Å². The van der Waals surface area contributed by atoms with Gasteiger partial charge in [0.15, 0.2) is 17.7 Å². The Labute approximate surface area is 166 Å². The van der Waals surface area contributed by atoms with E-state index in [0.717, 1.165) is 0 Å². The van der Waals surface area contributed by atoms with E-state index in [9.17, 15) is 15.3 Å². The number of aliphatic hydroxyl groups excluding tert-OH is 3. The Balaban J connectivity index is 0.000000378. The Morgan fingerprint density at radius 2 is 1.53 bits per heavy atom. The van der Waals surface area contributed by atoms with Crippen LogP contribution in [0, 0.1) is 0 Å². The summed E-state index contributed by atoms with van der Waals surface area (Å²) in [5, 5.41) is 29.2. The first kappa shape index (κ1) is 26.0. The van der Waals surface area contributed by atoms with Gasteiger partial charge in [0.25, 0.3) is 0 Å². The second-order valence-electron chi connectivity index (χ2n) is 5.53. The maximum atomic E-state index is 10.0. The molecule has 19 heteroatoms. The van der Waals surface area contributed by atoms with Gasteiger partial charge in [-0.05, 0) is 0 Å². The fraction of sp³-hybridized carbons (Fsp3) is 0.364. The largest absolute Gasteiger partial charge is 0.510 e. The minimum absolute atomic E-state index is 0.199. The van der Waals surface area contributed by atoms with Crippen molar-refractivity contribution in [3.8, 4) is 0 Å². The van der Waals surface area contributed by atoms with Gasteiger partial charge < -0.3 is 55.2 Å². The summed E-state index contributed by atoms with van der Waals surface area (Å²) in [6.07, 6.45) is -1.97. The molecule has 2 aromatic rings. The van der Waals surface area contributed by atoms with Crippen LogP contribution in [0.2, 0.25) is 0 Å². The Morgan fingerprint density at radius 1 is 1.03 bits per heavy atom. The highest BCUT2D eigenvalue weighted by molar-refractivity contribution is 7.45. The fourth-order valence-electron chi connectivity index (χ4n) is 2.22. The van der Waals surface area contributed by atoms with E-state index in [1.165, 1.54) is 17.2 Å². The Bertz CT molecular complexity index is 936. The molecule has 11 N–H and O–H groups in total. The number of phosphoric acid groups is 2. The molecule has 0 aromatic carbocycles. The first-order chi connectivity index (χ1) is 13.5. The number of nitrogen functional groups attached to an aromatic ring is 1. The van der Waals surface area contributed by atoms with Crippen molar-refractivity contribution in [1.29, 1.82) is 0 Å². The highest BCUT2D eigenvalue weighted by Crippen LogP contribution is 2.33. The summed E-state index contributed by atoms with van der Waals surface area (Å²) < 4.78 is 24.6. The van der Waals surface area contributed by atoms with E-state index in [1.54, 1.807) is 0 Å². The van der Waals surface area contributed by atoms with Crippen LogP contribution in [0.1, 0.15) is 6.23 Å². The maximum absolute atomic E-state index is 10.0. The number of nitrogens with two attached hydrogens (primary N) is 1. The highest BCUT2D eigenvalue weighted by Gasteiger charge is 2.45. The maximum Gasteiger partial charge on any atom is 0.466 e. The summed E-state index contributed by atoms with van der Waals surface area (Å²) in [6, 6.07) is 0. The average molecular weight is 475 g/mol. The number of rotatable bonds is 2. The van der Waals surface area contributed by atoms with Crippen LogP contribution in [0.5, 0.6) is 0 Å². The van der Waals surface area contributed by atoms with Gasteiger partial charge in [0.2, 0.25) is 0 Å². The number of nitrogens with zero attached hydrogens (tertiary/aromatic N) is 4. The van der Waals surface area contributed by atoms with Crippen molar-refractivity contribution in [1.82, 2.24) is 19.5 Å². The second kappa shape index (κ2) is 9.86. The zero-order valence-corrected chi connectivity index (χ0v) is 16.5. The van der Waals surface area contributed by atoms with Crippen LogP contribution < -0.4 is 5.73 Å². The molecular weight excluding hydrogens is 456 g/mol. The monoisotopic (exact) mass is 475 g/mol. The molecular formula is C11H19N5O12P2. The molecule has 1 aliphatic heterocycles. The summed E-state index contributed by atoms with van der Waals surface area (Å²) in [6.45, 7) is 3.30. The summed E-state index contributed by atoms with van der Waals surface area (Å²) >= 11 is 0. The number of aliphatic hydroxyl groups is 3. The molecule has 0 saturated carbocycles. The molecule has 0 amide bonds. The van der Waals surface area contributed by atoms with Crippen molar-refractivity contribution >= 4 is 32.6 Å². The molecule has 1 saturated heterocycles. The molecule has 30 heavy (non-hydrogen) atoms. The Morgan fingerprint density at radius 3 is 1.97 bits per heavy atom. The predicted molar refractivity (Wildman–Crippen MR) is 96.0 cm³/mol. The van der Waals surface area contributed by atoms with Gasteiger partial charge in [-0.25, -0.2) is 24.1 Å². The number of imidazole rings is 1. The van der Waals surface area contributed by atoms with E-state index in [-0.39, 0.29) is 11.6 Å². The molecule has 17 nitrogen and oxygen atoms in total. The van der Waals surface area contributed by atoms with Crippen LogP contribution in [-0.4, -0.2) is 82.5 Å². The molecule has 3 rings (SSSR count). The number of anilines is 1. The van der Waals surface area contributed by atoms with Crippen molar-refractivity contribution in [2.24, 2.45) is 0 Å². The second-order valence-corrected chi connectivity index (χ2v) is 7.58. The molecule has 0 bridgehead atoms. The standard InChI is InChI=1S/C11H13N5O4.2H3O4P/c1-4(17)8-6(18)7(19)11(20-8)16-3-15-5-9(12)13-2-14-10(5)16;2*1-5(2,3)4/h2-3,6-8,11,17-19H,1H2,(H2,12,13,14);2*(H3,1,2,3,4)/t6-,7+,8+,11+;;/m0../s1. The topological polar surface area (TPSA) is 295 Å². The van der Waals surface area contributed by atoms with Gasteiger partial charge in [0, 0.05) is 0 Å². The van der Waals surface area contributed by atoms with Crippen LogP contribution in [0.15, 0.2) is 25.0 Å². The third-order valence-corrected chi connectivity index (χ3v) is 3.23. The number of aromatic nitrogens is 4. The highest BCUT2D eigenvalue weighted by atomic mass is 31.2. The lowest BCUT2D eigenvalue weighted by Crippen LogP contribution is -2.32. The van der Waals surface area contributed by atoms with E-state index >= 15 is 0 Å². The van der Waals surface area contributed by atoms with Crippen molar-refractivity contribution in [3.63, 3.8) is 0 Å². The van der Waals surface area contributed by atoms with Gasteiger partial charge in [-0.3, -0.25) is 4.57 Å². The smallest absolute Gasteiger partial charge is 0.466 e. The molecule has 2 aromatic heterocycles. The normalized spacial score (nSPS) is 23.9. The Hall–Kier alpha value is -2.01. The van der Waals surface area contributed by atoms with Crippen LogP contribution >= 0.6 is 15.6 Å². The van der Waals surface area contributed by atoms with Crippen molar-refractivity contribution in [3.05, 3.63) is 25.0 Å². The summed E-state index contributed by atoms with van der Waals surface area (Å²) in [5.41, 5.74) is 6.40. The SMILES string of the molecule is C=C(O)[C@H]1O[C@@H](n2cnc3c(N)ncnc32)[C@H](O)[C@@H]1O.O=P(O)(O)O.O=P(O)(O)O.